The molecule has 0 aliphatic heterocycles. The highest BCUT2D eigenvalue weighted by molar-refractivity contribution is 5.81. The zero-order valence-corrected chi connectivity index (χ0v) is 10.3. The first-order valence-electron chi connectivity index (χ1n) is 5.91. The van der Waals surface area contributed by atoms with Crippen LogP contribution in [0.4, 0.5) is 0 Å². The Labute approximate surface area is 101 Å². The van der Waals surface area contributed by atoms with Gasteiger partial charge in [0.25, 0.3) is 0 Å². The minimum atomic E-state index is -0.424. The van der Waals surface area contributed by atoms with Gasteiger partial charge in [-0.25, -0.2) is 5.10 Å². The van der Waals surface area contributed by atoms with Gasteiger partial charge in [0.1, 0.15) is 5.82 Å². The Kier molecular flexibility index (Phi) is 5.55. The number of aromatic amines is 1. The van der Waals surface area contributed by atoms with Crippen LogP contribution in [0, 0.1) is 5.92 Å². The quantitative estimate of drug-likeness (QED) is 0.563. The molecule has 0 aliphatic rings. The molecule has 1 unspecified atom stereocenters. The fourth-order valence-electron chi connectivity index (χ4n) is 1.38. The van der Waals surface area contributed by atoms with Crippen molar-refractivity contribution in [1.82, 2.24) is 25.9 Å². The van der Waals surface area contributed by atoms with E-state index in [1.807, 2.05) is 13.8 Å². The van der Waals surface area contributed by atoms with Gasteiger partial charge in [0, 0.05) is 13.0 Å². The van der Waals surface area contributed by atoms with E-state index in [1.165, 1.54) is 0 Å². The molecule has 0 spiro atoms. The number of nitrogens with two attached hydrogens (primary N) is 1. The van der Waals surface area contributed by atoms with E-state index in [0.717, 1.165) is 18.7 Å². The van der Waals surface area contributed by atoms with Gasteiger partial charge in [-0.1, -0.05) is 20.3 Å². The predicted molar refractivity (Wildman–Crippen MR) is 62.9 cm³/mol. The molecule has 1 amide bonds. The number of tetrazole rings is 1. The Hall–Kier alpha value is -1.50. The minimum Gasteiger partial charge on any atom is -0.355 e. The van der Waals surface area contributed by atoms with Gasteiger partial charge in [-0.15, -0.1) is 5.10 Å². The van der Waals surface area contributed by atoms with E-state index in [4.69, 9.17) is 5.73 Å². The average molecular weight is 240 g/mol. The highest BCUT2D eigenvalue weighted by Crippen LogP contribution is 2.04. The Bertz CT molecular complexity index is 326. The number of hydrogen-bond donors (Lipinski definition) is 3. The fourth-order valence-corrected chi connectivity index (χ4v) is 1.38. The van der Waals surface area contributed by atoms with Gasteiger partial charge < -0.3 is 11.1 Å². The molecule has 0 fully saturated rings. The van der Waals surface area contributed by atoms with Gasteiger partial charge in [0.05, 0.1) is 6.04 Å². The number of aromatic nitrogens is 4. The molecular weight excluding hydrogens is 220 g/mol. The zero-order valence-electron chi connectivity index (χ0n) is 10.3. The molecule has 0 bridgehead atoms. The standard InChI is InChI=1S/C10H20N6O/c1-3-7(2)9(11)10(17)12-6-4-5-8-13-15-16-14-8/h7,9H,3-6,11H2,1-2H3,(H,12,17)(H,13,14,15,16)/t7?,9-/m0/s1. The molecule has 0 saturated heterocycles. The number of carbonyl (C=O) groups excluding carboxylic acids is 1. The maximum absolute atomic E-state index is 11.6. The second-order valence-electron chi connectivity index (χ2n) is 4.15. The average Bonchev–Trinajstić information content (AvgIpc) is 2.85. The maximum atomic E-state index is 11.6. The number of nitrogens with zero attached hydrogens (tertiary/aromatic N) is 3. The molecule has 0 radical (unpaired) electrons. The van der Waals surface area contributed by atoms with Crippen molar-refractivity contribution in [2.24, 2.45) is 11.7 Å². The van der Waals surface area contributed by atoms with E-state index in [2.05, 4.69) is 25.9 Å². The van der Waals surface area contributed by atoms with Crippen molar-refractivity contribution in [1.29, 1.82) is 0 Å². The third-order valence-electron chi connectivity index (χ3n) is 2.84. The summed E-state index contributed by atoms with van der Waals surface area (Å²) in [6, 6.07) is -0.424. The summed E-state index contributed by atoms with van der Waals surface area (Å²) in [6.45, 7) is 4.59. The van der Waals surface area contributed by atoms with Crippen LogP contribution in [-0.2, 0) is 11.2 Å². The lowest BCUT2D eigenvalue weighted by Gasteiger charge is -2.17. The van der Waals surface area contributed by atoms with Gasteiger partial charge in [-0.2, -0.15) is 0 Å². The Morgan fingerprint density at radius 3 is 2.94 bits per heavy atom. The largest absolute Gasteiger partial charge is 0.355 e. The molecule has 17 heavy (non-hydrogen) atoms. The van der Waals surface area contributed by atoms with Crippen molar-refractivity contribution in [3.05, 3.63) is 5.82 Å². The molecule has 1 aromatic rings. The van der Waals surface area contributed by atoms with E-state index in [-0.39, 0.29) is 11.8 Å². The molecule has 1 heterocycles. The first-order chi connectivity index (χ1) is 8.15. The van der Waals surface area contributed by atoms with Gasteiger partial charge in [-0.05, 0) is 22.8 Å². The minimum absolute atomic E-state index is 0.0879. The Morgan fingerprint density at radius 1 is 1.59 bits per heavy atom. The fraction of sp³-hybridized carbons (Fsp3) is 0.800. The van der Waals surface area contributed by atoms with E-state index in [9.17, 15) is 4.79 Å². The van der Waals surface area contributed by atoms with Gasteiger partial charge in [0.2, 0.25) is 5.91 Å². The van der Waals surface area contributed by atoms with E-state index >= 15 is 0 Å². The summed E-state index contributed by atoms with van der Waals surface area (Å²) < 4.78 is 0. The van der Waals surface area contributed by atoms with Crippen LogP contribution in [0.15, 0.2) is 0 Å². The maximum Gasteiger partial charge on any atom is 0.237 e. The second kappa shape index (κ2) is 6.95. The highest BCUT2D eigenvalue weighted by atomic mass is 16.2. The highest BCUT2D eigenvalue weighted by Gasteiger charge is 2.18. The first kappa shape index (κ1) is 13.6. The lowest BCUT2D eigenvalue weighted by Crippen LogP contribution is -2.44. The van der Waals surface area contributed by atoms with Crippen LogP contribution in [0.2, 0.25) is 0 Å². The number of aryl methyl sites for hydroxylation is 1. The Balaban J connectivity index is 2.16. The molecule has 0 aliphatic carbocycles. The van der Waals surface area contributed by atoms with Crippen LogP contribution < -0.4 is 11.1 Å². The van der Waals surface area contributed by atoms with Crippen molar-refractivity contribution in [2.45, 2.75) is 39.2 Å². The monoisotopic (exact) mass is 240 g/mol. The van der Waals surface area contributed by atoms with Crippen LogP contribution >= 0.6 is 0 Å². The molecule has 7 nitrogen and oxygen atoms in total. The van der Waals surface area contributed by atoms with Gasteiger partial charge >= 0.3 is 0 Å². The Morgan fingerprint density at radius 2 is 2.35 bits per heavy atom. The number of carbonyl (C=O) groups is 1. The van der Waals surface area contributed by atoms with Crippen molar-refractivity contribution in [3.8, 4) is 0 Å². The molecule has 0 saturated carbocycles. The smallest absolute Gasteiger partial charge is 0.237 e. The molecule has 96 valence electrons. The topological polar surface area (TPSA) is 110 Å². The second-order valence-corrected chi connectivity index (χ2v) is 4.15. The normalized spacial score (nSPS) is 14.3. The van der Waals surface area contributed by atoms with Crippen LogP contribution in [0.5, 0.6) is 0 Å². The third-order valence-corrected chi connectivity index (χ3v) is 2.84. The summed E-state index contributed by atoms with van der Waals surface area (Å²) in [5.74, 6) is 0.842. The number of H-pyrrole nitrogens is 1. The van der Waals surface area contributed by atoms with Crippen molar-refractivity contribution < 1.29 is 4.79 Å². The summed E-state index contributed by atoms with van der Waals surface area (Å²) in [5, 5.41) is 16.2. The summed E-state index contributed by atoms with van der Waals surface area (Å²) in [4.78, 5) is 11.6. The molecule has 1 aromatic heterocycles. The van der Waals surface area contributed by atoms with Gasteiger partial charge in [-0.3, -0.25) is 4.79 Å². The predicted octanol–water partition coefficient (Wildman–Crippen LogP) is -0.378. The summed E-state index contributed by atoms with van der Waals surface area (Å²) in [5.41, 5.74) is 5.80. The van der Waals surface area contributed by atoms with Crippen LogP contribution in [0.25, 0.3) is 0 Å². The van der Waals surface area contributed by atoms with E-state index in [1.54, 1.807) is 0 Å². The van der Waals surface area contributed by atoms with Crippen LogP contribution in [-0.4, -0.2) is 39.1 Å². The van der Waals surface area contributed by atoms with E-state index in [0.29, 0.717) is 13.0 Å². The number of hydrogen-bond acceptors (Lipinski definition) is 5. The molecule has 7 heteroatoms. The third kappa shape index (κ3) is 4.48. The lowest BCUT2D eigenvalue weighted by molar-refractivity contribution is -0.123. The van der Waals surface area contributed by atoms with Crippen molar-refractivity contribution >= 4 is 5.91 Å². The summed E-state index contributed by atoms with van der Waals surface area (Å²) >= 11 is 0. The first-order valence-corrected chi connectivity index (χ1v) is 5.91. The molecule has 4 N–H and O–H groups in total. The molecule has 1 rings (SSSR count). The number of rotatable bonds is 7. The molecule has 0 aromatic carbocycles. The molecule has 2 atom stereocenters. The summed E-state index contributed by atoms with van der Waals surface area (Å²) in [7, 11) is 0. The van der Waals surface area contributed by atoms with Gasteiger partial charge in [0.15, 0.2) is 0 Å². The SMILES string of the molecule is CCC(C)[C@H](N)C(=O)NCCCc1nnn[nH]1. The number of amides is 1. The van der Waals surface area contributed by atoms with Crippen LogP contribution in [0.3, 0.4) is 0 Å². The van der Waals surface area contributed by atoms with Crippen LogP contribution in [0.1, 0.15) is 32.5 Å². The van der Waals surface area contributed by atoms with E-state index < -0.39 is 6.04 Å². The summed E-state index contributed by atoms with van der Waals surface area (Å²) in [6.07, 6.45) is 2.40. The van der Waals surface area contributed by atoms with Crippen molar-refractivity contribution in [2.75, 3.05) is 6.54 Å². The molecular formula is C10H20N6O. The zero-order chi connectivity index (χ0) is 12.7. The van der Waals surface area contributed by atoms with Crippen molar-refractivity contribution in [3.63, 3.8) is 0 Å². The number of nitrogens with one attached hydrogen (secondary N) is 2. The lowest BCUT2D eigenvalue weighted by atomic mass is 9.99.